The highest BCUT2D eigenvalue weighted by Gasteiger charge is 2.14. The topological polar surface area (TPSA) is 54.0 Å². The summed E-state index contributed by atoms with van der Waals surface area (Å²) in [7, 11) is 0. The van der Waals surface area contributed by atoms with Gasteiger partial charge in [-0.05, 0) is 41.1 Å². The predicted molar refractivity (Wildman–Crippen MR) is 85.5 cm³/mol. The molecule has 0 aliphatic carbocycles. The number of aromatic nitrogens is 1. The van der Waals surface area contributed by atoms with Gasteiger partial charge in [-0.1, -0.05) is 23.7 Å². The predicted octanol–water partition coefficient (Wildman–Crippen LogP) is 4.18. The fraction of sp³-hybridized carbons (Fsp3) is 0.143. The molecule has 0 saturated carbocycles. The average molecular weight is 355 g/mol. The van der Waals surface area contributed by atoms with Gasteiger partial charge in [-0.2, -0.15) is 0 Å². The van der Waals surface area contributed by atoms with Crippen molar-refractivity contribution in [1.82, 2.24) is 4.98 Å². The molecule has 0 radical (unpaired) electrons. The van der Waals surface area contributed by atoms with Crippen LogP contribution in [0.15, 0.2) is 41.0 Å². The fourth-order valence-electron chi connectivity index (χ4n) is 1.67. The first-order valence-corrected chi connectivity index (χ1v) is 7.24. The van der Waals surface area contributed by atoms with Crippen LogP contribution in [0.25, 0.3) is 0 Å². The Hall–Kier alpha value is -1.59. The number of benzene rings is 1. The molecule has 0 aliphatic rings. The maximum absolute atomic E-state index is 12.3. The van der Waals surface area contributed by atoms with Crippen LogP contribution in [-0.2, 0) is 0 Å². The summed E-state index contributed by atoms with van der Waals surface area (Å²) in [5.74, 6) is 0.281. The van der Waals surface area contributed by atoms with E-state index in [-0.39, 0.29) is 5.91 Å². The van der Waals surface area contributed by atoms with E-state index in [9.17, 15) is 4.79 Å². The molecule has 104 valence electrons. The smallest absolute Gasteiger partial charge is 0.259 e. The molecule has 1 amide bonds. The molecule has 0 bridgehead atoms. The van der Waals surface area contributed by atoms with Crippen molar-refractivity contribution in [2.75, 3.05) is 17.2 Å². The largest absolute Gasteiger partial charge is 0.370 e. The van der Waals surface area contributed by atoms with Crippen LogP contribution in [0.1, 0.15) is 17.3 Å². The monoisotopic (exact) mass is 353 g/mol. The quantitative estimate of drug-likeness (QED) is 0.866. The lowest BCUT2D eigenvalue weighted by molar-refractivity contribution is 0.102. The molecule has 1 heterocycles. The van der Waals surface area contributed by atoms with Crippen LogP contribution in [0.2, 0.25) is 5.02 Å². The van der Waals surface area contributed by atoms with Crippen LogP contribution < -0.4 is 10.6 Å². The third-order valence-corrected chi connectivity index (χ3v) is 3.33. The summed E-state index contributed by atoms with van der Waals surface area (Å²) in [5, 5.41) is 6.33. The van der Waals surface area contributed by atoms with Gasteiger partial charge >= 0.3 is 0 Å². The van der Waals surface area contributed by atoms with Crippen LogP contribution in [0.3, 0.4) is 0 Å². The van der Waals surface area contributed by atoms with Gasteiger partial charge in [-0.3, -0.25) is 4.79 Å². The van der Waals surface area contributed by atoms with Crippen LogP contribution >= 0.6 is 27.5 Å². The van der Waals surface area contributed by atoms with Gasteiger partial charge in [0.2, 0.25) is 0 Å². The molecule has 2 rings (SSSR count). The van der Waals surface area contributed by atoms with Crippen molar-refractivity contribution < 1.29 is 4.79 Å². The van der Waals surface area contributed by atoms with E-state index in [0.29, 0.717) is 28.6 Å². The Labute approximate surface area is 130 Å². The Morgan fingerprint density at radius 1 is 1.40 bits per heavy atom. The molecule has 0 saturated heterocycles. The van der Waals surface area contributed by atoms with Gasteiger partial charge in [0.15, 0.2) is 0 Å². The Balaban J connectivity index is 2.29. The molecular weight excluding hydrogens is 342 g/mol. The highest BCUT2D eigenvalue weighted by molar-refractivity contribution is 9.10. The molecule has 0 atom stereocenters. The first-order chi connectivity index (χ1) is 9.61. The van der Waals surface area contributed by atoms with E-state index in [1.54, 1.807) is 24.4 Å². The SMILES string of the molecule is CCNc1ncc(Br)cc1C(=O)Nc1ccccc1Cl. The van der Waals surface area contributed by atoms with E-state index in [1.165, 1.54) is 0 Å². The average Bonchev–Trinajstić information content (AvgIpc) is 2.43. The van der Waals surface area contributed by atoms with E-state index >= 15 is 0 Å². The Morgan fingerprint density at radius 3 is 2.85 bits per heavy atom. The Kier molecular flexibility index (Phi) is 4.98. The number of nitrogens with zero attached hydrogens (tertiary/aromatic N) is 1. The van der Waals surface area contributed by atoms with Crippen LogP contribution in [0.4, 0.5) is 11.5 Å². The second-order valence-corrected chi connectivity index (χ2v) is 5.34. The van der Waals surface area contributed by atoms with Crippen LogP contribution in [0, 0.1) is 0 Å². The number of halogens is 2. The number of pyridine rings is 1. The molecule has 6 heteroatoms. The van der Waals surface area contributed by atoms with Gasteiger partial charge in [0.05, 0.1) is 16.3 Å². The number of hydrogen-bond acceptors (Lipinski definition) is 3. The number of nitrogens with one attached hydrogen (secondary N) is 2. The van der Waals surface area contributed by atoms with Crippen LogP contribution in [-0.4, -0.2) is 17.4 Å². The zero-order valence-electron chi connectivity index (χ0n) is 10.8. The van der Waals surface area contributed by atoms with Gasteiger partial charge in [0, 0.05) is 17.2 Å². The number of carbonyl (C=O) groups is 1. The summed E-state index contributed by atoms with van der Waals surface area (Å²) in [5.41, 5.74) is 1.03. The minimum absolute atomic E-state index is 0.261. The maximum atomic E-state index is 12.3. The zero-order chi connectivity index (χ0) is 14.5. The van der Waals surface area contributed by atoms with E-state index in [4.69, 9.17) is 11.6 Å². The number of anilines is 2. The molecule has 2 aromatic rings. The normalized spacial score (nSPS) is 10.2. The second kappa shape index (κ2) is 6.72. The number of amides is 1. The molecule has 0 fully saturated rings. The van der Waals surface area contributed by atoms with Gasteiger partial charge in [0.25, 0.3) is 5.91 Å². The lowest BCUT2D eigenvalue weighted by atomic mass is 10.2. The van der Waals surface area contributed by atoms with Crippen molar-refractivity contribution in [3.05, 3.63) is 51.6 Å². The van der Waals surface area contributed by atoms with Crippen molar-refractivity contribution in [3.63, 3.8) is 0 Å². The third kappa shape index (κ3) is 3.49. The van der Waals surface area contributed by atoms with Gasteiger partial charge in [-0.15, -0.1) is 0 Å². The summed E-state index contributed by atoms with van der Waals surface area (Å²) in [6, 6.07) is 8.81. The van der Waals surface area contributed by atoms with Crippen molar-refractivity contribution in [1.29, 1.82) is 0 Å². The maximum Gasteiger partial charge on any atom is 0.259 e. The summed E-state index contributed by atoms with van der Waals surface area (Å²) >= 11 is 9.35. The summed E-state index contributed by atoms with van der Waals surface area (Å²) in [6.07, 6.45) is 1.64. The molecule has 1 aromatic carbocycles. The molecule has 0 spiro atoms. The van der Waals surface area contributed by atoms with Crippen LogP contribution in [0.5, 0.6) is 0 Å². The second-order valence-electron chi connectivity index (χ2n) is 4.01. The standard InChI is InChI=1S/C14H13BrClN3O/c1-2-17-13-10(7-9(15)8-18-13)14(20)19-12-6-4-3-5-11(12)16/h3-8H,2H2,1H3,(H,17,18)(H,19,20). The zero-order valence-corrected chi connectivity index (χ0v) is 13.1. The summed E-state index contributed by atoms with van der Waals surface area (Å²) in [6.45, 7) is 2.63. The molecule has 0 unspecified atom stereocenters. The van der Waals surface area contributed by atoms with Crippen molar-refractivity contribution in [3.8, 4) is 0 Å². The van der Waals surface area contributed by atoms with Gasteiger partial charge in [0.1, 0.15) is 5.82 Å². The number of carbonyl (C=O) groups excluding carboxylic acids is 1. The number of hydrogen-bond donors (Lipinski definition) is 2. The highest BCUT2D eigenvalue weighted by Crippen LogP contribution is 2.23. The van der Waals surface area contributed by atoms with E-state index in [0.717, 1.165) is 4.47 Å². The lowest BCUT2D eigenvalue weighted by Gasteiger charge is -2.11. The van der Waals surface area contributed by atoms with Crippen molar-refractivity contribution in [2.45, 2.75) is 6.92 Å². The van der Waals surface area contributed by atoms with Crippen molar-refractivity contribution >= 4 is 44.9 Å². The minimum Gasteiger partial charge on any atom is -0.370 e. The molecule has 2 N–H and O–H groups in total. The number of rotatable bonds is 4. The molecular formula is C14H13BrClN3O. The van der Waals surface area contributed by atoms with E-state index < -0.39 is 0 Å². The first-order valence-electron chi connectivity index (χ1n) is 6.07. The Morgan fingerprint density at radius 2 is 2.15 bits per heavy atom. The molecule has 20 heavy (non-hydrogen) atoms. The number of para-hydroxylation sites is 1. The Bertz CT molecular complexity index is 634. The first kappa shape index (κ1) is 14.8. The summed E-state index contributed by atoms with van der Waals surface area (Å²) in [4.78, 5) is 16.5. The molecule has 0 aliphatic heterocycles. The molecule has 4 nitrogen and oxygen atoms in total. The van der Waals surface area contributed by atoms with E-state index in [1.807, 2.05) is 19.1 Å². The minimum atomic E-state index is -0.261. The summed E-state index contributed by atoms with van der Waals surface area (Å²) < 4.78 is 0.739. The lowest BCUT2D eigenvalue weighted by Crippen LogP contribution is -2.16. The fourth-order valence-corrected chi connectivity index (χ4v) is 2.19. The van der Waals surface area contributed by atoms with Gasteiger partial charge in [-0.25, -0.2) is 4.98 Å². The van der Waals surface area contributed by atoms with E-state index in [2.05, 4.69) is 31.5 Å². The van der Waals surface area contributed by atoms with Gasteiger partial charge < -0.3 is 10.6 Å². The third-order valence-electron chi connectivity index (χ3n) is 2.57. The molecule has 1 aromatic heterocycles. The van der Waals surface area contributed by atoms with Crippen molar-refractivity contribution in [2.24, 2.45) is 0 Å². The highest BCUT2D eigenvalue weighted by atomic mass is 79.9.